The maximum Gasteiger partial charge on any atom is 0.262 e. The van der Waals surface area contributed by atoms with Crippen molar-refractivity contribution in [3.05, 3.63) is 34.6 Å². The fraction of sp³-hybridized carbons (Fsp3) is 0.333. The minimum atomic E-state index is -0.262. The number of H-pyrrole nitrogens is 1. The van der Waals surface area contributed by atoms with Gasteiger partial charge in [0.05, 0.1) is 25.9 Å². The van der Waals surface area contributed by atoms with Gasteiger partial charge in [-0.15, -0.1) is 0 Å². The summed E-state index contributed by atoms with van der Waals surface area (Å²) in [5, 5.41) is 0. The average molecular weight is 302 g/mol. The minimum Gasteiger partial charge on any atom is -0.497 e. The van der Waals surface area contributed by atoms with Crippen LogP contribution in [0.15, 0.2) is 29.1 Å². The van der Waals surface area contributed by atoms with E-state index in [1.54, 1.807) is 19.2 Å². The van der Waals surface area contributed by atoms with Crippen molar-refractivity contribution in [2.45, 2.75) is 0 Å². The Morgan fingerprint density at radius 1 is 1.36 bits per heavy atom. The van der Waals surface area contributed by atoms with Gasteiger partial charge >= 0.3 is 0 Å². The molecule has 3 rings (SSSR count). The Balaban J connectivity index is 2.00. The molecule has 0 bridgehead atoms. The fourth-order valence-corrected chi connectivity index (χ4v) is 2.46. The van der Waals surface area contributed by atoms with Gasteiger partial charge in [-0.2, -0.15) is 4.98 Å². The highest BCUT2D eigenvalue weighted by Crippen LogP contribution is 2.25. The zero-order valence-electron chi connectivity index (χ0n) is 12.3. The molecule has 116 valence electrons. The highest BCUT2D eigenvalue weighted by Gasteiger charge is 2.17. The fourth-order valence-electron chi connectivity index (χ4n) is 2.46. The highest BCUT2D eigenvalue weighted by molar-refractivity contribution is 5.74. The quantitative estimate of drug-likeness (QED) is 0.873. The van der Waals surface area contributed by atoms with Crippen LogP contribution in [0.4, 0.5) is 11.8 Å². The van der Waals surface area contributed by atoms with Gasteiger partial charge in [0.25, 0.3) is 5.56 Å². The number of ether oxygens (including phenoxy) is 2. The molecule has 7 nitrogen and oxygen atoms in total. The number of nitrogens with two attached hydrogens (primary N) is 1. The molecule has 0 unspecified atom stereocenters. The highest BCUT2D eigenvalue weighted by atomic mass is 16.5. The third kappa shape index (κ3) is 2.75. The molecule has 1 fully saturated rings. The van der Waals surface area contributed by atoms with E-state index in [0.717, 1.165) is 0 Å². The number of hydrogen-bond donors (Lipinski definition) is 2. The number of aromatic amines is 1. The van der Waals surface area contributed by atoms with Gasteiger partial charge in [-0.3, -0.25) is 9.78 Å². The van der Waals surface area contributed by atoms with Crippen molar-refractivity contribution in [2.75, 3.05) is 44.0 Å². The van der Waals surface area contributed by atoms with Crippen LogP contribution in [-0.2, 0) is 4.74 Å². The number of nitrogens with one attached hydrogen (secondary N) is 1. The lowest BCUT2D eigenvalue weighted by Crippen LogP contribution is -2.38. The Kier molecular flexibility index (Phi) is 3.97. The largest absolute Gasteiger partial charge is 0.497 e. The molecule has 0 radical (unpaired) electrons. The molecule has 1 aliphatic heterocycles. The summed E-state index contributed by atoms with van der Waals surface area (Å²) in [5.41, 5.74) is 6.80. The summed E-state index contributed by atoms with van der Waals surface area (Å²) < 4.78 is 10.5. The van der Waals surface area contributed by atoms with Crippen LogP contribution in [0.5, 0.6) is 5.75 Å². The number of morpholine rings is 1. The maximum atomic E-state index is 12.4. The molecule has 2 aromatic rings. The van der Waals surface area contributed by atoms with Crippen molar-refractivity contribution in [3.8, 4) is 16.9 Å². The van der Waals surface area contributed by atoms with Gasteiger partial charge < -0.3 is 20.1 Å². The lowest BCUT2D eigenvalue weighted by atomic mass is 10.1. The lowest BCUT2D eigenvalue weighted by Gasteiger charge is -2.27. The lowest BCUT2D eigenvalue weighted by molar-refractivity contribution is 0.122. The first-order chi connectivity index (χ1) is 10.7. The molecule has 1 saturated heterocycles. The summed E-state index contributed by atoms with van der Waals surface area (Å²) in [5.74, 6) is 1.35. The van der Waals surface area contributed by atoms with Crippen LogP contribution in [0.2, 0.25) is 0 Å². The average Bonchev–Trinajstić information content (AvgIpc) is 2.55. The molecule has 1 aliphatic rings. The summed E-state index contributed by atoms with van der Waals surface area (Å²) in [6.45, 7) is 2.59. The van der Waals surface area contributed by atoms with E-state index in [-0.39, 0.29) is 11.4 Å². The van der Waals surface area contributed by atoms with Crippen molar-refractivity contribution in [3.63, 3.8) is 0 Å². The second-order valence-electron chi connectivity index (χ2n) is 4.98. The number of methoxy groups -OCH3 is 1. The molecule has 0 saturated carbocycles. The molecule has 1 aromatic carbocycles. The molecule has 22 heavy (non-hydrogen) atoms. The summed E-state index contributed by atoms with van der Waals surface area (Å²) in [4.78, 5) is 21.5. The number of anilines is 2. The molecule has 0 spiro atoms. The van der Waals surface area contributed by atoms with Gasteiger partial charge in [0.2, 0.25) is 5.95 Å². The Bertz CT molecular complexity index is 723. The number of nitrogen functional groups attached to an aromatic ring is 1. The maximum absolute atomic E-state index is 12.4. The predicted octanol–water partition coefficient (Wildman–Crippen LogP) is 0.864. The van der Waals surface area contributed by atoms with E-state index >= 15 is 0 Å². The molecular weight excluding hydrogens is 284 g/mol. The zero-order chi connectivity index (χ0) is 15.5. The Labute approximate surface area is 127 Å². The van der Waals surface area contributed by atoms with E-state index in [1.807, 2.05) is 17.0 Å². The number of hydrogen-bond acceptors (Lipinski definition) is 6. The predicted molar refractivity (Wildman–Crippen MR) is 84.3 cm³/mol. The monoisotopic (exact) mass is 302 g/mol. The van der Waals surface area contributed by atoms with Crippen molar-refractivity contribution in [1.82, 2.24) is 9.97 Å². The number of rotatable bonds is 3. The minimum absolute atomic E-state index is 0.207. The normalized spacial score (nSPS) is 14.9. The molecule has 7 heteroatoms. The van der Waals surface area contributed by atoms with Gasteiger partial charge in [-0.05, 0) is 17.7 Å². The first-order valence-electron chi connectivity index (χ1n) is 7.06. The second-order valence-corrected chi connectivity index (χ2v) is 4.98. The van der Waals surface area contributed by atoms with E-state index in [4.69, 9.17) is 15.2 Å². The van der Waals surface area contributed by atoms with Crippen LogP contribution < -0.4 is 20.9 Å². The topological polar surface area (TPSA) is 93.5 Å². The third-order valence-corrected chi connectivity index (χ3v) is 3.60. The van der Waals surface area contributed by atoms with Crippen LogP contribution >= 0.6 is 0 Å². The molecule has 0 atom stereocenters. The SMILES string of the molecule is COc1cccc(-c2c(N)nc(N3CCOCC3)[nH]c2=O)c1. The third-order valence-electron chi connectivity index (χ3n) is 3.60. The van der Waals surface area contributed by atoms with Crippen molar-refractivity contribution >= 4 is 11.8 Å². The van der Waals surface area contributed by atoms with Crippen molar-refractivity contribution in [2.24, 2.45) is 0 Å². The summed E-state index contributed by atoms with van der Waals surface area (Å²) in [7, 11) is 1.58. The molecule has 3 N–H and O–H groups in total. The Morgan fingerprint density at radius 3 is 2.82 bits per heavy atom. The number of aromatic nitrogens is 2. The van der Waals surface area contributed by atoms with E-state index in [9.17, 15) is 4.79 Å². The summed E-state index contributed by atoms with van der Waals surface area (Å²) >= 11 is 0. The zero-order valence-corrected chi connectivity index (χ0v) is 12.3. The van der Waals surface area contributed by atoms with E-state index in [1.165, 1.54) is 0 Å². The van der Waals surface area contributed by atoms with Gasteiger partial charge in [-0.25, -0.2) is 0 Å². The molecular formula is C15H18N4O3. The van der Waals surface area contributed by atoms with Crippen LogP contribution in [0.1, 0.15) is 0 Å². The number of nitrogens with zero attached hydrogens (tertiary/aromatic N) is 2. The molecule has 0 aliphatic carbocycles. The van der Waals surface area contributed by atoms with Crippen molar-refractivity contribution in [1.29, 1.82) is 0 Å². The van der Waals surface area contributed by atoms with Crippen LogP contribution in [0.25, 0.3) is 11.1 Å². The van der Waals surface area contributed by atoms with Gasteiger partial charge in [0, 0.05) is 13.1 Å². The van der Waals surface area contributed by atoms with Gasteiger partial charge in [0.1, 0.15) is 11.6 Å². The first-order valence-corrected chi connectivity index (χ1v) is 7.06. The van der Waals surface area contributed by atoms with Crippen LogP contribution in [0, 0.1) is 0 Å². The second kappa shape index (κ2) is 6.07. The van der Waals surface area contributed by atoms with Gasteiger partial charge in [0.15, 0.2) is 0 Å². The van der Waals surface area contributed by atoms with E-state index in [0.29, 0.717) is 49.1 Å². The van der Waals surface area contributed by atoms with Crippen molar-refractivity contribution < 1.29 is 9.47 Å². The van der Waals surface area contributed by atoms with E-state index < -0.39 is 0 Å². The Morgan fingerprint density at radius 2 is 2.14 bits per heavy atom. The van der Waals surface area contributed by atoms with Crippen LogP contribution in [0.3, 0.4) is 0 Å². The van der Waals surface area contributed by atoms with Crippen LogP contribution in [-0.4, -0.2) is 43.4 Å². The standard InChI is InChI=1S/C15H18N4O3/c1-21-11-4-2-3-10(9-11)12-13(16)17-15(18-14(12)20)19-5-7-22-8-6-19/h2-4,9H,5-8H2,1H3,(H3,16,17,18,20). The molecule has 2 heterocycles. The number of benzene rings is 1. The summed E-state index contributed by atoms with van der Waals surface area (Å²) in [6.07, 6.45) is 0. The van der Waals surface area contributed by atoms with Gasteiger partial charge in [-0.1, -0.05) is 12.1 Å². The smallest absolute Gasteiger partial charge is 0.262 e. The summed E-state index contributed by atoms with van der Waals surface area (Å²) in [6, 6.07) is 7.18. The van der Waals surface area contributed by atoms with E-state index in [2.05, 4.69) is 9.97 Å². The Hall–Kier alpha value is -2.54. The molecule has 1 aromatic heterocycles. The molecule has 0 amide bonds. The first kappa shape index (κ1) is 14.4.